The fourth-order valence-electron chi connectivity index (χ4n) is 6.43. The van der Waals surface area contributed by atoms with Crippen LogP contribution in [0.1, 0.15) is 59.3 Å². The van der Waals surface area contributed by atoms with Crippen molar-refractivity contribution in [3.05, 3.63) is 0 Å². The maximum Gasteiger partial charge on any atom is 0.0104 e. The third-order valence-electron chi connectivity index (χ3n) is 6.30. The van der Waals surface area contributed by atoms with E-state index in [1.54, 1.807) is 6.42 Å². The summed E-state index contributed by atoms with van der Waals surface area (Å²) in [5.41, 5.74) is 1.37. The van der Waals surface area contributed by atoms with Crippen molar-refractivity contribution in [2.75, 3.05) is 33.2 Å². The summed E-state index contributed by atoms with van der Waals surface area (Å²) < 4.78 is 0. The van der Waals surface area contributed by atoms with E-state index >= 15 is 0 Å². The van der Waals surface area contributed by atoms with Crippen LogP contribution in [0.5, 0.6) is 0 Å². The second-order valence-electron chi connectivity index (χ2n) is 9.61. The summed E-state index contributed by atoms with van der Waals surface area (Å²) in [4.78, 5) is 2.61. The van der Waals surface area contributed by atoms with Crippen LogP contribution in [-0.4, -0.2) is 38.1 Å². The molecule has 4 aliphatic rings. The molecule has 4 bridgehead atoms. The third kappa shape index (κ3) is 3.64. The maximum absolute atomic E-state index is 3.59. The van der Waals surface area contributed by atoms with Gasteiger partial charge in [0, 0.05) is 19.6 Å². The Morgan fingerprint density at radius 3 is 2.38 bits per heavy atom. The van der Waals surface area contributed by atoms with Gasteiger partial charge in [0.1, 0.15) is 0 Å². The van der Waals surface area contributed by atoms with E-state index < -0.39 is 0 Å². The van der Waals surface area contributed by atoms with Gasteiger partial charge in [0.25, 0.3) is 0 Å². The minimum atomic E-state index is 0.672. The largest absolute Gasteiger partial charge is 0.315 e. The van der Waals surface area contributed by atoms with Crippen LogP contribution in [0.3, 0.4) is 0 Å². The molecule has 21 heavy (non-hydrogen) atoms. The van der Waals surface area contributed by atoms with Gasteiger partial charge in [-0.25, -0.2) is 0 Å². The van der Waals surface area contributed by atoms with Crippen molar-refractivity contribution in [3.8, 4) is 0 Å². The van der Waals surface area contributed by atoms with Crippen molar-refractivity contribution in [2.45, 2.75) is 59.3 Å². The fourth-order valence-corrected chi connectivity index (χ4v) is 6.43. The van der Waals surface area contributed by atoms with Crippen LogP contribution in [0.25, 0.3) is 0 Å². The van der Waals surface area contributed by atoms with E-state index in [1.807, 2.05) is 0 Å². The van der Waals surface area contributed by atoms with Crippen molar-refractivity contribution >= 4 is 0 Å². The zero-order valence-electron chi connectivity index (χ0n) is 14.8. The van der Waals surface area contributed by atoms with Crippen molar-refractivity contribution in [1.29, 1.82) is 0 Å². The van der Waals surface area contributed by atoms with Crippen LogP contribution in [0.15, 0.2) is 0 Å². The van der Waals surface area contributed by atoms with Gasteiger partial charge in [0.05, 0.1) is 0 Å². The Kier molecular flexibility index (Phi) is 4.40. The number of nitrogens with zero attached hydrogens (tertiary/aromatic N) is 1. The maximum atomic E-state index is 3.59. The van der Waals surface area contributed by atoms with Gasteiger partial charge in [0.2, 0.25) is 0 Å². The molecular weight excluding hydrogens is 256 g/mol. The number of nitrogens with one attached hydrogen (secondary N) is 1. The molecule has 122 valence electrons. The quantitative estimate of drug-likeness (QED) is 0.719. The molecule has 0 aromatic rings. The van der Waals surface area contributed by atoms with E-state index in [0.29, 0.717) is 10.8 Å². The summed E-state index contributed by atoms with van der Waals surface area (Å²) in [6.45, 7) is 12.0. The molecule has 4 aliphatic carbocycles. The minimum Gasteiger partial charge on any atom is -0.315 e. The van der Waals surface area contributed by atoms with Crippen molar-refractivity contribution in [2.24, 2.45) is 28.6 Å². The topological polar surface area (TPSA) is 15.3 Å². The fraction of sp³-hybridized carbons (Fsp3) is 1.00. The van der Waals surface area contributed by atoms with E-state index in [0.717, 1.165) is 30.8 Å². The molecule has 0 amide bonds. The summed E-state index contributed by atoms with van der Waals surface area (Å²) in [5, 5.41) is 3.59. The molecule has 2 heteroatoms. The highest BCUT2D eigenvalue weighted by Crippen LogP contribution is 2.65. The highest BCUT2D eigenvalue weighted by Gasteiger charge is 2.55. The predicted octanol–water partition coefficient (Wildman–Crippen LogP) is 3.77. The average Bonchev–Trinajstić information content (AvgIpc) is 2.30. The van der Waals surface area contributed by atoms with Crippen molar-refractivity contribution < 1.29 is 0 Å². The predicted molar refractivity (Wildman–Crippen MR) is 90.4 cm³/mol. The first kappa shape index (κ1) is 15.8. The van der Waals surface area contributed by atoms with Crippen LogP contribution in [0.2, 0.25) is 0 Å². The second-order valence-corrected chi connectivity index (χ2v) is 9.61. The van der Waals surface area contributed by atoms with Crippen molar-refractivity contribution in [3.63, 3.8) is 0 Å². The Labute approximate surface area is 132 Å². The number of rotatable bonds is 7. The van der Waals surface area contributed by atoms with E-state index in [1.165, 1.54) is 45.2 Å². The molecule has 0 saturated heterocycles. The molecule has 4 fully saturated rings. The molecule has 4 rings (SSSR count). The third-order valence-corrected chi connectivity index (χ3v) is 6.30. The Bertz CT molecular complexity index is 349. The smallest absolute Gasteiger partial charge is 0.0104 e. The zero-order chi connectivity index (χ0) is 15.1. The van der Waals surface area contributed by atoms with E-state index in [4.69, 9.17) is 0 Å². The molecule has 1 N–H and O–H groups in total. The molecule has 2 nitrogen and oxygen atoms in total. The molecule has 0 aliphatic heterocycles. The molecule has 0 aromatic carbocycles. The monoisotopic (exact) mass is 292 g/mol. The number of hydrogen-bond acceptors (Lipinski definition) is 2. The normalized spacial score (nSPS) is 41.4. The molecule has 0 aromatic heterocycles. The Hall–Kier alpha value is -0.0800. The van der Waals surface area contributed by atoms with E-state index in [9.17, 15) is 0 Å². The lowest BCUT2D eigenvalue weighted by Crippen LogP contribution is -2.54. The lowest BCUT2D eigenvalue weighted by Gasteiger charge is -2.62. The average molecular weight is 293 g/mol. The highest BCUT2D eigenvalue weighted by molar-refractivity contribution is 5.06. The van der Waals surface area contributed by atoms with E-state index in [2.05, 4.69) is 38.0 Å². The molecule has 0 heterocycles. The molecule has 2 atom stereocenters. The molecular formula is C19H36N2. The van der Waals surface area contributed by atoms with Gasteiger partial charge in [-0.1, -0.05) is 20.8 Å². The summed E-state index contributed by atoms with van der Waals surface area (Å²) in [6.07, 6.45) is 9.19. The van der Waals surface area contributed by atoms with Crippen LogP contribution in [-0.2, 0) is 0 Å². The Balaban J connectivity index is 1.50. The summed E-state index contributed by atoms with van der Waals surface area (Å²) >= 11 is 0. The van der Waals surface area contributed by atoms with Crippen LogP contribution >= 0.6 is 0 Å². The highest BCUT2D eigenvalue weighted by atomic mass is 15.1. The molecule has 4 saturated carbocycles. The first-order valence-electron chi connectivity index (χ1n) is 9.27. The van der Waals surface area contributed by atoms with Gasteiger partial charge in [-0.15, -0.1) is 0 Å². The van der Waals surface area contributed by atoms with Gasteiger partial charge in [-0.3, -0.25) is 0 Å². The van der Waals surface area contributed by atoms with Gasteiger partial charge < -0.3 is 10.2 Å². The van der Waals surface area contributed by atoms with Gasteiger partial charge >= 0.3 is 0 Å². The number of likely N-dealkylation sites (N-methyl/N-ethyl adjacent to an activating group) is 1. The molecule has 0 radical (unpaired) electrons. The Morgan fingerprint density at radius 2 is 1.81 bits per heavy atom. The lowest BCUT2D eigenvalue weighted by molar-refractivity contribution is -0.111. The van der Waals surface area contributed by atoms with Gasteiger partial charge in [-0.2, -0.15) is 0 Å². The standard InChI is InChI=1S/C19H36N2/c1-15(2)12-20-5-6-21(4)14-19-10-16-7-17(11-19)9-18(3,8-16)13-19/h15-17,20H,5-14H2,1-4H3. The van der Waals surface area contributed by atoms with Crippen molar-refractivity contribution in [1.82, 2.24) is 10.2 Å². The molecule has 2 unspecified atom stereocenters. The first-order chi connectivity index (χ1) is 9.88. The van der Waals surface area contributed by atoms with Crippen LogP contribution in [0, 0.1) is 28.6 Å². The molecule has 0 spiro atoms. The number of hydrogen-bond donors (Lipinski definition) is 1. The van der Waals surface area contributed by atoms with Gasteiger partial charge in [-0.05, 0) is 80.7 Å². The zero-order valence-corrected chi connectivity index (χ0v) is 14.8. The van der Waals surface area contributed by atoms with Gasteiger partial charge in [0.15, 0.2) is 0 Å². The van der Waals surface area contributed by atoms with E-state index in [-0.39, 0.29) is 0 Å². The van der Waals surface area contributed by atoms with Crippen LogP contribution in [0.4, 0.5) is 0 Å². The summed E-state index contributed by atoms with van der Waals surface area (Å²) in [6, 6.07) is 0. The summed E-state index contributed by atoms with van der Waals surface area (Å²) in [5.74, 6) is 2.88. The lowest BCUT2D eigenvalue weighted by atomic mass is 9.44. The second kappa shape index (κ2) is 5.85. The summed E-state index contributed by atoms with van der Waals surface area (Å²) in [7, 11) is 2.35. The SMILES string of the molecule is CC(C)CNCCN(C)CC12CC3CC(CC(C)(C3)C1)C2. The Morgan fingerprint density at radius 1 is 1.14 bits per heavy atom. The van der Waals surface area contributed by atoms with Crippen LogP contribution < -0.4 is 5.32 Å². The first-order valence-corrected chi connectivity index (χ1v) is 9.27. The minimum absolute atomic E-state index is 0.672.